The molecule has 0 spiro atoms. The minimum atomic E-state index is -0.489. The third-order valence-electron chi connectivity index (χ3n) is 3.23. The van der Waals surface area contributed by atoms with E-state index in [0.29, 0.717) is 11.2 Å². The summed E-state index contributed by atoms with van der Waals surface area (Å²) in [4.78, 5) is 10.4. The maximum absolute atomic E-state index is 10.9. The molecule has 1 N–H and O–H groups in total. The van der Waals surface area contributed by atoms with Gasteiger partial charge in [-0.05, 0) is 29.2 Å². The summed E-state index contributed by atoms with van der Waals surface area (Å²) in [6, 6.07) is 3.05. The number of benzene rings is 1. The molecule has 1 fully saturated rings. The van der Waals surface area contributed by atoms with Crippen molar-refractivity contribution < 1.29 is 9.55 Å². The molecule has 0 aliphatic carbocycles. The van der Waals surface area contributed by atoms with Gasteiger partial charge in [0.25, 0.3) is 0 Å². The van der Waals surface area contributed by atoms with Gasteiger partial charge in [-0.15, -0.1) is 0 Å². The van der Waals surface area contributed by atoms with Crippen molar-refractivity contribution in [1.82, 2.24) is 15.3 Å². The number of rotatable bonds is 3. The fourth-order valence-corrected chi connectivity index (χ4v) is 2.27. The number of anilines is 1. The molecule has 0 unspecified atom stereocenters. The third-order valence-corrected chi connectivity index (χ3v) is 3.23. The van der Waals surface area contributed by atoms with Crippen molar-refractivity contribution in [3.8, 4) is 0 Å². The maximum Gasteiger partial charge on any atom is 0.300 e. The van der Waals surface area contributed by atoms with Gasteiger partial charge in [-0.2, -0.15) is 0 Å². The molecule has 0 amide bonds. The van der Waals surface area contributed by atoms with E-state index in [1.165, 1.54) is 12.5 Å². The van der Waals surface area contributed by atoms with Crippen LogP contribution in [0.4, 0.5) is 11.4 Å². The summed E-state index contributed by atoms with van der Waals surface area (Å²) in [5.41, 5.74) is 4.37. The molecule has 1 aliphatic heterocycles. The fourth-order valence-electron chi connectivity index (χ4n) is 2.27. The fraction of sp³-hybridized carbons (Fsp3) is 0.455. The van der Waals surface area contributed by atoms with Gasteiger partial charge in [0.2, 0.25) is 5.52 Å². The Labute approximate surface area is 108 Å². The normalized spacial score (nSPS) is 16.6. The summed E-state index contributed by atoms with van der Waals surface area (Å²) in [7, 11) is 0. The van der Waals surface area contributed by atoms with Crippen LogP contribution in [-0.2, 0) is 0 Å². The van der Waals surface area contributed by atoms with E-state index in [9.17, 15) is 10.1 Å². The summed E-state index contributed by atoms with van der Waals surface area (Å²) in [5.74, 6) is 0. The largest absolute Gasteiger partial charge is 0.317 e. The molecule has 100 valence electrons. The highest BCUT2D eigenvalue weighted by Gasteiger charge is 2.20. The van der Waals surface area contributed by atoms with E-state index in [1.807, 2.05) is 0 Å². The van der Waals surface area contributed by atoms with Gasteiger partial charge in [-0.3, -0.25) is 10.1 Å². The standard InChI is InChI=1S/C11H13N5O3/c17-16(18)9-5-4-8(10-11(9)14-19-13-10)12-15-6-2-1-3-7-15/h4-5,12H,1-3,6-7H2. The third kappa shape index (κ3) is 2.22. The number of nitrogens with zero attached hydrogens (tertiary/aromatic N) is 4. The summed E-state index contributed by atoms with van der Waals surface area (Å²) in [6.45, 7) is 1.90. The highest BCUT2D eigenvalue weighted by atomic mass is 16.6. The van der Waals surface area contributed by atoms with Crippen LogP contribution in [0.3, 0.4) is 0 Å². The molecule has 8 heteroatoms. The molecule has 1 aliphatic rings. The SMILES string of the molecule is O=[N+]([O-])c1ccc(NN2CCCCC2)c2nonc12. The quantitative estimate of drug-likeness (QED) is 0.667. The van der Waals surface area contributed by atoms with Gasteiger partial charge < -0.3 is 5.43 Å². The average molecular weight is 263 g/mol. The second-order valence-electron chi connectivity index (χ2n) is 4.51. The Balaban J connectivity index is 1.93. The van der Waals surface area contributed by atoms with Crippen LogP contribution in [0.5, 0.6) is 0 Å². The molecule has 0 bridgehead atoms. The lowest BCUT2D eigenvalue weighted by Crippen LogP contribution is -2.34. The maximum atomic E-state index is 10.9. The highest BCUT2D eigenvalue weighted by molar-refractivity contribution is 5.93. The Bertz CT molecular complexity index is 605. The molecule has 2 heterocycles. The number of hydrogen-bond acceptors (Lipinski definition) is 7. The van der Waals surface area contributed by atoms with Crippen molar-refractivity contribution in [2.45, 2.75) is 19.3 Å². The first-order valence-corrected chi connectivity index (χ1v) is 6.17. The zero-order valence-corrected chi connectivity index (χ0v) is 10.2. The van der Waals surface area contributed by atoms with Gasteiger partial charge in [-0.1, -0.05) is 6.42 Å². The molecular formula is C11H13N5O3. The molecular weight excluding hydrogens is 250 g/mol. The Morgan fingerprint density at radius 2 is 1.95 bits per heavy atom. The van der Waals surface area contributed by atoms with Crippen LogP contribution in [-0.4, -0.2) is 33.3 Å². The number of fused-ring (bicyclic) bond motifs is 1. The van der Waals surface area contributed by atoms with Crippen LogP contribution in [0.15, 0.2) is 16.8 Å². The van der Waals surface area contributed by atoms with Crippen LogP contribution >= 0.6 is 0 Å². The number of hydrazine groups is 1. The van der Waals surface area contributed by atoms with Gasteiger partial charge in [0.1, 0.15) is 0 Å². The number of piperidine rings is 1. The molecule has 1 saturated heterocycles. The topological polar surface area (TPSA) is 97.3 Å². The summed E-state index contributed by atoms with van der Waals surface area (Å²) < 4.78 is 4.62. The van der Waals surface area contributed by atoms with Crippen molar-refractivity contribution in [3.05, 3.63) is 22.2 Å². The Kier molecular flexibility index (Phi) is 3.00. The van der Waals surface area contributed by atoms with E-state index in [2.05, 4.69) is 25.4 Å². The van der Waals surface area contributed by atoms with Crippen LogP contribution in [0.25, 0.3) is 11.0 Å². The van der Waals surface area contributed by atoms with Crippen molar-refractivity contribution in [3.63, 3.8) is 0 Å². The van der Waals surface area contributed by atoms with Crippen LogP contribution in [0.1, 0.15) is 19.3 Å². The Morgan fingerprint density at radius 1 is 1.21 bits per heavy atom. The number of nitrogens with one attached hydrogen (secondary N) is 1. The van der Waals surface area contributed by atoms with Crippen molar-refractivity contribution in [2.24, 2.45) is 0 Å². The molecule has 3 rings (SSSR count). The molecule has 0 atom stereocenters. The first-order valence-electron chi connectivity index (χ1n) is 6.17. The predicted octanol–water partition coefficient (Wildman–Crippen LogP) is 1.94. The van der Waals surface area contributed by atoms with E-state index >= 15 is 0 Å². The number of aromatic nitrogens is 2. The van der Waals surface area contributed by atoms with Crippen LogP contribution in [0, 0.1) is 10.1 Å². The van der Waals surface area contributed by atoms with E-state index in [-0.39, 0.29) is 11.2 Å². The van der Waals surface area contributed by atoms with Gasteiger partial charge >= 0.3 is 5.69 Å². The zero-order chi connectivity index (χ0) is 13.2. The molecule has 8 nitrogen and oxygen atoms in total. The van der Waals surface area contributed by atoms with Crippen LogP contribution < -0.4 is 5.43 Å². The second kappa shape index (κ2) is 4.81. The average Bonchev–Trinajstić information content (AvgIpc) is 2.89. The van der Waals surface area contributed by atoms with E-state index in [4.69, 9.17) is 0 Å². The Hall–Kier alpha value is -2.22. The molecule has 19 heavy (non-hydrogen) atoms. The first kappa shape index (κ1) is 11.8. The predicted molar refractivity (Wildman–Crippen MR) is 67.5 cm³/mol. The van der Waals surface area contributed by atoms with Gasteiger partial charge in [-0.25, -0.2) is 9.64 Å². The lowest BCUT2D eigenvalue weighted by atomic mass is 10.2. The van der Waals surface area contributed by atoms with Crippen molar-refractivity contribution in [2.75, 3.05) is 18.5 Å². The lowest BCUT2D eigenvalue weighted by molar-refractivity contribution is -0.383. The summed E-state index contributed by atoms with van der Waals surface area (Å²) >= 11 is 0. The molecule has 2 aromatic rings. The highest BCUT2D eigenvalue weighted by Crippen LogP contribution is 2.29. The lowest BCUT2D eigenvalue weighted by Gasteiger charge is -2.27. The molecule has 1 aromatic carbocycles. The zero-order valence-electron chi connectivity index (χ0n) is 10.2. The molecule has 0 radical (unpaired) electrons. The number of nitro groups is 1. The minimum Gasteiger partial charge on any atom is -0.317 e. The van der Waals surface area contributed by atoms with Crippen molar-refractivity contribution >= 4 is 22.4 Å². The van der Waals surface area contributed by atoms with E-state index in [0.717, 1.165) is 25.9 Å². The first-order chi connectivity index (χ1) is 9.25. The number of nitro benzene ring substituents is 1. The summed E-state index contributed by atoms with van der Waals surface area (Å²) in [6.07, 6.45) is 3.51. The minimum absolute atomic E-state index is 0.0968. The van der Waals surface area contributed by atoms with E-state index < -0.39 is 4.92 Å². The van der Waals surface area contributed by atoms with E-state index in [1.54, 1.807) is 6.07 Å². The van der Waals surface area contributed by atoms with Gasteiger partial charge in [0, 0.05) is 19.2 Å². The van der Waals surface area contributed by atoms with Crippen LogP contribution in [0.2, 0.25) is 0 Å². The summed E-state index contributed by atoms with van der Waals surface area (Å²) in [5, 5.41) is 20.3. The number of non-ortho nitro benzene ring substituents is 1. The van der Waals surface area contributed by atoms with Gasteiger partial charge in [0.15, 0.2) is 5.52 Å². The molecule has 1 aromatic heterocycles. The van der Waals surface area contributed by atoms with Gasteiger partial charge in [0.05, 0.1) is 10.6 Å². The Morgan fingerprint density at radius 3 is 2.68 bits per heavy atom. The monoisotopic (exact) mass is 263 g/mol. The van der Waals surface area contributed by atoms with Crippen molar-refractivity contribution in [1.29, 1.82) is 0 Å². The molecule has 0 saturated carbocycles. The smallest absolute Gasteiger partial charge is 0.300 e. The number of hydrogen-bond donors (Lipinski definition) is 1. The second-order valence-corrected chi connectivity index (χ2v) is 4.51.